The first-order chi connectivity index (χ1) is 14.1. The van der Waals surface area contributed by atoms with E-state index in [1.807, 2.05) is 13.8 Å². The van der Waals surface area contributed by atoms with Crippen molar-refractivity contribution in [3.8, 4) is 0 Å². The lowest BCUT2D eigenvalue weighted by Crippen LogP contribution is -2.53. The van der Waals surface area contributed by atoms with Crippen LogP contribution in [0.2, 0.25) is 0 Å². The molecule has 3 fully saturated rings. The fourth-order valence-electron chi connectivity index (χ4n) is 6.87. The third-order valence-corrected chi connectivity index (χ3v) is 8.25. The summed E-state index contributed by atoms with van der Waals surface area (Å²) in [6.45, 7) is 9.97. The molecule has 4 aliphatic rings. The molecule has 2 saturated carbocycles. The number of fused-ring (bicyclic) bond motifs is 1. The van der Waals surface area contributed by atoms with Gasteiger partial charge in [0.1, 0.15) is 6.10 Å². The maximum absolute atomic E-state index is 12.6. The number of carbonyl (C=O) groups excluding carboxylic acids is 2. The third kappa shape index (κ3) is 3.06. The maximum Gasteiger partial charge on any atom is 0.331 e. The van der Waals surface area contributed by atoms with Gasteiger partial charge in [-0.3, -0.25) is 4.79 Å². The summed E-state index contributed by atoms with van der Waals surface area (Å²) < 4.78 is 23.4. The molecule has 0 aromatic heterocycles. The SMILES string of the molecule is CC/C(C)=C/C(=O)O[C@H]1C=C2[C@H](OC)O[C@@H](OC(C)=O)[C@H]3CC[C@@H]4C(C)(C)[C@@H]1C[C@]234. The van der Waals surface area contributed by atoms with E-state index in [1.165, 1.54) is 6.92 Å². The summed E-state index contributed by atoms with van der Waals surface area (Å²) in [7, 11) is 1.61. The quantitative estimate of drug-likeness (QED) is 0.380. The number of hydrogen-bond acceptors (Lipinski definition) is 6. The van der Waals surface area contributed by atoms with Gasteiger partial charge in [0.15, 0.2) is 6.29 Å². The predicted octanol–water partition coefficient (Wildman–Crippen LogP) is 4.15. The van der Waals surface area contributed by atoms with Crippen molar-refractivity contribution in [3.63, 3.8) is 0 Å². The van der Waals surface area contributed by atoms with E-state index in [9.17, 15) is 9.59 Å². The lowest BCUT2D eigenvalue weighted by atomic mass is 9.63. The molecule has 1 heterocycles. The topological polar surface area (TPSA) is 71.1 Å². The Hall–Kier alpha value is -1.66. The Bertz CT molecular complexity index is 796. The van der Waals surface area contributed by atoms with E-state index in [0.717, 1.165) is 36.8 Å². The van der Waals surface area contributed by atoms with Gasteiger partial charge in [-0.1, -0.05) is 26.3 Å². The van der Waals surface area contributed by atoms with Gasteiger partial charge < -0.3 is 18.9 Å². The molecule has 166 valence electrons. The van der Waals surface area contributed by atoms with Crippen molar-refractivity contribution >= 4 is 11.9 Å². The Labute approximate surface area is 179 Å². The average Bonchev–Trinajstić information content (AvgIpc) is 3.14. The van der Waals surface area contributed by atoms with Crippen molar-refractivity contribution in [1.29, 1.82) is 0 Å². The number of methoxy groups -OCH3 is 1. The van der Waals surface area contributed by atoms with Gasteiger partial charge in [-0.2, -0.15) is 0 Å². The molecule has 4 rings (SSSR count). The van der Waals surface area contributed by atoms with Crippen LogP contribution in [0.15, 0.2) is 23.3 Å². The van der Waals surface area contributed by atoms with Gasteiger partial charge in [0.2, 0.25) is 6.29 Å². The molecule has 30 heavy (non-hydrogen) atoms. The van der Waals surface area contributed by atoms with Gasteiger partial charge in [-0.05, 0) is 55.6 Å². The normalized spacial score (nSPS) is 41.1. The Balaban J connectivity index is 1.74. The summed E-state index contributed by atoms with van der Waals surface area (Å²) in [5.41, 5.74) is 1.92. The van der Waals surface area contributed by atoms with Gasteiger partial charge in [-0.15, -0.1) is 0 Å². The van der Waals surface area contributed by atoms with Crippen molar-refractivity contribution in [2.24, 2.45) is 28.6 Å². The standard InChI is InChI=1S/C24H34O6/c1-7-13(2)10-20(26)29-18-11-16-21(27-6)30-22(28-14(3)25)15-8-9-19-23(4,5)17(18)12-24(15,16)19/h10-11,15,17-19,21-22H,7-9,12H2,1-6H3/b13-10+/t15-,17-,18+,19-,21-,22-,24-/m1/s1. The summed E-state index contributed by atoms with van der Waals surface area (Å²) in [5, 5.41) is 0. The Morgan fingerprint density at radius 3 is 2.57 bits per heavy atom. The lowest BCUT2D eigenvalue weighted by Gasteiger charge is -2.50. The maximum atomic E-state index is 12.6. The minimum Gasteiger partial charge on any atom is -0.455 e. The van der Waals surface area contributed by atoms with Gasteiger partial charge in [0.05, 0.1) is 0 Å². The van der Waals surface area contributed by atoms with Crippen LogP contribution in [-0.4, -0.2) is 37.7 Å². The lowest BCUT2D eigenvalue weighted by molar-refractivity contribution is -0.274. The van der Waals surface area contributed by atoms with Crippen molar-refractivity contribution < 1.29 is 28.5 Å². The molecule has 0 aromatic rings. The van der Waals surface area contributed by atoms with E-state index < -0.39 is 12.6 Å². The molecule has 7 atom stereocenters. The molecule has 0 N–H and O–H groups in total. The van der Waals surface area contributed by atoms with Crippen molar-refractivity contribution in [3.05, 3.63) is 23.3 Å². The number of rotatable bonds is 5. The zero-order valence-electron chi connectivity index (χ0n) is 18.9. The minimum atomic E-state index is -0.602. The average molecular weight is 419 g/mol. The monoisotopic (exact) mass is 418 g/mol. The number of allylic oxidation sites excluding steroid dienone is 1. The van der Waals surface area contributed by atoms with E-state index in [2.05, 4.69) is 19.9 Å². The van der Waals surface area contributed by atoms with E-state index in [4.69, 9.17) is 18.9 Å². The molecule has 2 bridgehead atoms. The Kier molecular flexibility index (Phi) is 5.38. The molecular formula is C24H34O6. The fraction of sp³-hybridized carbons (Fsp3) is 0.750. The zero-order chi connectivity index (χ0) is 21.8. The molecule has 1 spiro atoms. The molecule has 0 unspecified atom stereocenters. The van der Waals surface area contributed by atoms with Crippen LogP contribution in [0.3, 0.4) is 0 Å². The summed E-state index contributed by atoms with van der Waals surface area (Å²) in [6.07, 6.45) is 5.88. The highest BCUT2D eigenvalue weighted by atomic mass is 16.8. The summed E-state index contributed by atoms with van der Waals surface area (Å²) in [4.78, 5) is 24.3. The fourth-order valence-corrected chi connectivity index (χ4v) is 6.87. The first kappa shape index (κ1) is 21.6. The van der Waals surface area contributed by atoms with Crippen LogP contribution in [0.1, 0.15) is 60.3 Å². The first-order valence-corrected chi connectivity index (χ1v) is 11.1. The van der Waals surface area contributed by atoms with Gasteiger partial charge in [0.25, 0.3) is 0 Å². The predicted molar refractivity (Wildman–Crippen MR) is 110 cm³/mol. The molecule has 1 saturated heterocycles. The molecule has 1 aliphatic heterocycles. The Morgan fingerprint density at radius 2 is 1.93 bits per heavy atom. The highest BCUT2D eigenvalue weighted by Crippen LogP contribution is 2.74. The van der Waals surface area contributed by atoms with Crippen molar-refractivity contribution in [2.75, 3.05) is 7.11 Å². The second kappa shape index (κ2) is 7.49. The smallest absolute Gasteiger partial charge is 0.331 e. The summed E-state index contributed by atoms with van der Waals surface area (Å²) in [6, 6.07) is 0. The van der Waals surface area contributed by atoms with Crippen LogP contribution in [0, 0.1) is 28.6 Å². The number of esters is 2. The third-order valence-electron chi connectivity index (χ3n) is 8.25. The van der Waals surface area contributed by atoms with Crippen LogP contribution >= 0.6 is 0 Å². The van der Waals surface area contributed by atoms with E-state index in [-0.39, 0.29) is 40.7 Å². The molecular weight excluding hydrogens is 384 g/mol. The molecule has 3 aliphatic carbocycles. The first-order valence-electron chi connectivity index (χ1n) is 11.1. The van der Waals surface area contributed by atoms with Crippen LogP contribution in [-0.2, 0) is 28.5 Å². The number of hydrogen-bond donors (Lipinski definition) is 0. The minimum absolute atomic E-state index is 0.0160. The van der Waals surface area contributed by atoms with Crippen LogP contribution in [0.4, 0.5) is 0 Å². The van der Waals surface area contributed by atoms with Gasteiger partial charge in [0, 0.05) is 37.4 Å². The molecule has 0 aromatic carbocycles. The van der Waals surface area contributed by atoms with Crippen molar-refractivity contribution in [2.45, 2.75) is 79.0 Å². The van der Waals surface area contributed by atoms with E-state index >= 15 is 0 Å². The van der Waals surface area contributed by atoms with Crippen molar-refractivity contribution in [1.82, 2.24) is 0 Å². The summed E-state index contributed by atoms with van der Waals surface area (Å²) >= 11 is 0. The van der Waals surface area contributed by atoms with Gasteiger partial charge in [-0.25, -0.2) is 4.79 Å². The summed E-state index contributed by atoms with van der Waals surface area (Å²) in [5.74, 6) is 0.0910. The largest absolute Gasteiger partial charge is 0.455 e. The second-order valence-corrected chi connectivity index (χ2v) is 9.96. The molecule has 6 nitrogen and oxygen atoms in total. The van der Waals surface area contributed by atoms with E-state index in [0.29, 0.717) is 5.92 Å². The molecule has 6 heteroatoms. The highest BCUT2D eigenvalue weighted by Gasteiger charge is 2.72. The zero-order valence-corrected chi connectivity index (χ0v) is 18.9. The number of carbonyl (C=O) groups is 2. The van der Waals surface area contributed by atoms with Crippen LogP contribution in [0.25, 0.3) is 0 Å². The molecule has 0 radical (unpaired) electrons. The van der Waals surface area contributed by atoms with Gasteiger partial charge >= 0.3 is 11.9 Å². The molecule has 0 amide bonds. The highest BCUT2D eigenvalue weighted by molar-refractivity contribution is 5.83. The Morgan fingerprint density at radius 1 is 1.20 bits per heavy atom. The van der Waals surface area contributed by atoms with Crippen LogP contribution < -0.4 is 0 Å². The van der Waals surface area contributed by atoms with E-state index in [1.54, 1.807) is 13.2 Å². The van der Waals surface area contributed by atoms with Crippen LogP contribution in [0.5, 0.6) is 0 Å². The second-order valence-electron chi connectivity index (χ2n) is 9.96. The number of ether oxygens (including phenoxy) is 4.